The van der Waals surface area contributed by atoms with E-state index in [9.17, 15) is 4.79 Å². The van der Waals surface area contributed by atoms with Crippen LogP contribution in [0.15, 0.2) is 12.1 Å². The molecule has 2 fully saturated rings. The molecule has 1 aromatic carbocycles. The van der Waals surface area contributed by atoms with Crippen molar-refractivity contribution in [1.82, 2.24) is 15.1 Å². The molecule has 0 unspecified atom stereocenters. The van der Waals surface area contributed by atoms with Crippen molar-refractivity contribution < 1.29 is 19.0 Å². The molecule has 2 atom stereocenters. The summed E-state index contributed by atoms with van der Waals surface area (Å²) >= 11 is 0. The van der Waals surface area contributed by atoms with E-state index in [4.69, 9.17) is 14.2 Å². The van der Waals surface area contributed by atoms with Crippen LogP contribution in [-0.2, 0) is 11.2 Å². The van der Waals surface area contributed by atoms with Crippen LogP contribution in [0.5, 0.6) is 11.5 Å². The van der Waals surface area contributed by atoms with E-state index >= 15 is 0 Å². The normalized spacial score (nSPS) is 21.8. The number of piperidine rings is 1. The summed E-state index contributed by atoms with van der Waals surface area (Å²) in [6, 6.07) is 4.18. The molecule has 0 aliphatic carbocycles. The van der Waals surface area contributed by atoms with Gasteiger partial charge in [-0.05, 0) is 73.7 Å². The van der Waals surface area contributed by atoms with Gasteiger partial charge < -0.3 is 29.3 Å². The number of methoxy groups -OCH3 is 2. The Bertz CT molecular complexity index is 764. The Labute approximate surface area is 199 Å². The van der Waals surface area contributed by atoms with Crippen LogP contribution >= 0.6 is 0 Å². The number of likely N-dealkylation sites (tertiary alicyclic amines) is 1. The molecule has 186 valence electrons. The van der Waals surface area contributed by atoms with Crippen LogP contribution in [0.4, 0.5) is 4.79 Å². The Kier molecular flexibility index (Phi) is 9.68. The molecule has 1 aromatic rings. The fraction of sp³-hybridized carbons (Fsp3) is 0.731. The zero-order valence-corrected chi connectivity index (χ0v) is 21.2. The highest BCUT2D eigenvalue weighted by atomic mass is 16.6. The number of hydrogen-bond donors (Lipinski definition) is 1. The van der Waals surface area contributed by atoms with Gasteiger partial charge in [-0.1, -0.05) is 13.8 Å². The lowest BCUT2D eigenvalue weighted by Gasteiger charge is -2.39. The van der Waals surface area contributed by atoms with Crippen molar-refractivity contribution in [2.45, 2.75) is 40.0 Å². The molecule has 0 spiro atoms. The number of nitrogens with zero attached hydrogens (tertiary/aromatic N) is 2. The first-order chi connectivity index (χ1) is 15.9. The Morgan fingerprint density at radius 3 is 2.45 bits per heavy atom. The largest absolute Gasteiger partial charge is 0.493 e. The number of ether oxygens (including phenoxy) is 3. The Morgan fingerprint density at radius 1 is 1.09 bits per heavy atom. The summed E-state index contributed by atoms with van der Waals surface area (Å²) in [5, 5.41) is 3.28. The molecule has 2 saturated heterocycles. The molecule has 0 radical (unpaired) electrons. The average molecular weight is 462 g/mol. The van der Waals surface area contributed by atoms with E-state index in [1.54, 1.807) is 14.2 Å². The smallest absolute Gasteiger partial charge is 0.409 e. The molecule has 2 heterocycles. The van der Waals surface area contributed by atoms with Gasteiger partial charge in [0.1, 0.15) is 0 Å². The first kappa shape index (κ1) is 25.6. The second-order valence-corrected chi connectivity index (χ2v) is 9.94. The van der Waals surface area contributed by atoms with E-state index in [1.165, 1.54) is 17.5 Å². The summed E-state index contributed by atoms with van der Waals surface area (Å²) in [7, 11) is 3.37. The van der Waals surface area contributed by atoms with Gasteiger partial charge in [0.2, 0.25) is 0 Å². The summed E-state index contributed by atoms with van der Waals surface area (Å²) < 4.78 is 16.7. The quantitative estimate of drug-likeness (QED) is 0.607. The Morgan fingerprint density at radius 2 is 1.79 bits per heavy atom. The van der Waals surface area contributed by atoms with Gasteiger partial charge in [-0.25, -0.2) is 4.79 Å². The van der Waals surface area contributed by atoms with Crippen LogP contribution < -0.4 is 14.8 Å². The zero-order chi connectivity index (χ0) is 23.8. The first-order valence-electron chi connectivity index (χ1n) is 12.5. The zero-order valence-electron chi connectivity index (χ0n) is 21.2. The molecule has 0 saturated carbocycles. The minimum absolute atomic E-state index is 0.147. The number of aryl methyl sites for hydroxylation is 1. The van der Waals surface area contributed by atoms with Gasteiger partial charge >= 0.3 is 6.09 Å². The van der Waals surface area contributed by atoms with E-state index in [2.05, 4.69) is 43.1 Å². The predicted molar refractivity (Wildman–Crippen MR) is 131 cm³/mol. The Hall–Kier alpha value is -1.99. The van der Waals surface area contributed by atoms with Crippen molar-refractivity contribution in [3.63, 3.8) is 0 Å². The molecule has 1 N–H and O–H groups in total. The second-order valence-electron chi connectivity index (χ2n) is 9.94. The number of nitrogens with one attached hydrogen (secondary N) is 1. The number of carbonyl (C=O) groups is 1. The van der Waals surface area contributed by atoms with Crippen LogP contribution in [0, 0.1) is 24.7 Å². The number of rotatable bonds is 9. The molecule has 33 heavy (non-hydrogen) atoms. The Balaban J connectivity index is 1.54. The lowest BCUT2D eigenvalue weighted by molar-refractivity contribution is 0.0357. The highest BCUT2D eigenvalue weighted by Gasteiger charge is 2.31. The standard InChI is InChI=1S/C26H43N3O4/c1-19(2)14-23-17-28(10-6-21-16-25(32-5)24(31-4)15-20(21)3)11-7-22(23)18-33-26(30)29-12-8-27-9-13-29/h15-16,19,22-23,27H,6-14,17-18H2,1-5H3/t22-,23+/m0/s1. The van der Waals surface area contributed by atoms with Crippen LogP contribution in [0.1, 0.15) is 37.8 Å². The molecule has 2 aliphatic rings. The summed E-state index contributed by atoms with van der Waals surface area (Å²) in [5.74, 6) is 3.21. The van der Waals surface area contributed by atoms with Crippen molar-refractivity contribution in [3.05, 3.63) is 23.3 Å². The molecule has 7 heteroatoms. The number of amides is 1. The maximum atomic E-state index is 12.5. The maximum absolute atomic E-state index is 12.5. The van der Waals surface area contributed by atoms with Gasteiger partial charge in [-0.2, -0.15) is 0 Å². The predicted octanol–water partition coefficient (Wildman–Crippen LogP) is 3.58. The molecule has 2 aliphatic heterocycles. The molecule has 1 amide bonds. The van der Waals surface area contributed by atoms with Crippen LogP contribution in [0.25, 0.3) is 0 Å². The van der Waals surface area contributed by atoms with Crippen molar-refractivity contribution in [2.75, 3.05) is 66.6 Å². The van der Waals surface area contributed by atoms with E-state index < -0.39 is 0 Å². The summed E-state index contributed by atoms with van der Waals surface area (Å²) in [4.78, 5) is 16.9. The van der Waals surface area contributed by atoms with E-state index in [-0.39, 0.29) is 6.09 Å². The molecular weight excluding hydrogens is 418 g/mol. The van der Waals surface area contributed by atoms with Gasteiger partial charge in [0.25, 0.3) is 0 Å². The van der Waals surface area contributed by atoms with E-state index in [0.29, 0.717) is 24.4 Å². The lowest BCUT2D eigenvalue weighted by Crippen LogP contribution is -2.48. The van der Waals surface area contributed by atoms with Crippen molar-refractivity contribution in [2.24, 2.45) is 17.8 Å². The highest BCUT2D eigenvalue weighted by Crippen LogP contribution is 2.32. The summed E-state index contributed by atoms with van der Waals surface area (Å²) in [5.41, 5.74) is 2.54. The second kappa shape index (κ2) is 12.5. The number of piperazine rings is 1. The fourth-order valence-electron chi connectivity index (χ4n) is 5.14. The van der Waals surface area contributed by atoms with Gasteiger partial charge in [-0.15, -0.1) is 0 Å². The SMILES string of the molecule is COc1cc(C)c(CCN2CC[C@@H](COC(=O)N3CCNCC3)[C@H](CC(C)C)C2)cc1OC. The monoisotopic (exact) mass is 461 g/mol. The molecule has 7 nitrogen and oxygen atoms in total. The van der Waals surface area contributed by atoms with Crippen molar-refractivity contribution >= 4 is 6.09 Å². The summed E-state index contributed by atoms with van der Waals surface area (Å²) in [6.07, 6.45) is 3.09. The van der Waals surface area contributed by atoms with Gasteiger partial charge in [0.05, 0.1) is 20.8 Å². The fourth-order valence-corrected chi connectivity index (χ4v) is 5.14. The molecule has 3 rings (SSSR count). The molecule has 0 bridgehead atoms. The van der Waals surface area contributed by atoms with Gasteiger partial charge in [0, 0.05) is 39.3 Å². The van der Waals surface area contributed by atoms with Crippen molar-refractivity contribution in [1.29, 1.82) is 0 Å². The van der Waals surface area contributed by atoms with E-state index in [1.807, 2.05) is 4.90 Å². The van der Waals surface area contributed by atoms with Crippen LogP contribution in [0.2, 0.25) is 0 Å². The third-order valence-electron chi connectivity index (χ3n) is 7.09. The lowest BCUT2D eigenvalue weighted by atomic mass is 9.80. The first-order valence-corrected chi connectivity index (χ1v) is 12.5. The minimum atomic E-state index is -0.147. The van der Waals surface area contributed by atoms with Crippen LogP contribution in [-0.4, -0.2) is 82.5 Å². The third-order valence-corrected chi connectivity index (χ3v) is 7.09. The van der Waals surface area contributed by atoms with Gasteiger partial charge in [-0.3, -0.25) is 0 Å². The van der Waals surface area contributed by atoms with Crippen molar-refractivity contribution in [3.8, 4) is 11.5 Å². The number of benzene rings is 1. The van der Waals surface area contributed by atoms with Gasteiger partial charge in [0.15, 0.2) is 11.5 Å². The molecule has 0 aromatic heterocycles. The summed E-state index contributed by atoms with van der Waals surface area (Å²) in [6.45, 7) is 13.6. The third kappa shape index (κ3) is 7.24. The van der Waals surface area contributed by atoms with E-state index in [0.717, 1.165) is 70.2 Å². The molecular formula is C26H43N3O4. The highest BCUT2D eigenvalue weighted by molar-refractivity contribution is 5.67. The van der Waals surface area contributed by atoms with Crippen LogP contribution in [0.3, 0.4) is 0 Å². The number of hydrogen-bond acceptors (Lipinski definition) is 6. The average Bonchev–Trinajstić information content (AvgIpc) is 2.82. The maximum Gasteiger partial charge on any atom is 0.409 e. The minimum Gasteiger partial charge on any atom is -0.493 e. The topological polar surface area (TPSA) is 63.3 Å². The number of carbonyl (C=O) groups excluding carboxylic acids is 1.